The maximum Gasteiger partial charge on any atom is 0.322 e. The molecule has 5 nitrogen and oxygen atoms in total. The van der Waals surface area contributed by atoms with Gasteiger partial charge in [-0.2, -0.15) is 0 Å². The number of carboxylic acid groups (broad SMARTS) is 1. The zero-order valence-corrected chi connectivity index (χ0v) is 10.6. The number of benzene rings is 1. The largest absolute Gasteiger partial charge is 0.480 e. The lowest BCUT2D eigenvalue weighted by Gasteiger charge is -2.38. The number of halogens is 1. The number of piperazine rings is 1. The number of nitrogens with zero attached hydrogens (tertiary/aromatic N) is 2. The van der Waals surface area contributed by atoms with E-state index in [9.17, 15) is 9.18 Å². The van der Waals surface area contributed by atoms with E-state index in [1.54, 1.807) is 18.2 Å². The van der Waals surface area contributed by atoms with E-state index in [0.717, 1.165) is 0 Å². The van der Waals surface area contributed by atoms with Gasteiger partial charge >= 0.3 is 5.97 Å². The summed E-state index contributed by atoms with van der Waals surface area (Å²) < 4.78 is 13.7. The van der Waals surface area contributed by atoms with Crippen molar-refractivity contribution in [2.24, 2.45) is 5.73 Å². The molecule has 1 atom stereocenters. The van der Waals surface area contributed by atoms with Gasteiger partial charge in [-0.3, -0.25) is 9.69 Å². The van der Waals surface area contributed by atoms with Crippen LogP contribution in [0.3, 0.4) is 0 Å². The van der Waals surface area contributed by atoms with Crippen LogP contribution in [-0.2, 0) is 4.79 Å². The number of nitrogens with two attached hydrogens (primary N) is 1. The van der Waals surface area contributed by atoms with Crippen LogP contribution in [-0.4, -0.2) is 54.7 Å². The number of aliphatic carboxylic acids is 1. The minimum Gasteiger partial charge on any atom is -0.480 e. The van der Waals surface area contributed by atoms with E-state index in [2.05, 4.69) is 0 Å². The molecular weight excluding hydrogens is 249 g/mol. The highest BCUT2D eigenvalue weighted by Gasteiger charge is 2.28. The van der Waals surface area contributed by atoms with Gasteiger partial charge in [0.2, 0.25) is 0 Å². The Morgan fingerprint density at radius 2 is 1.95 bits per heavy atom. The number of carboxylic acids is 1. The molecule has 1 fully saturated rings. The summed E-state index contributed by atoms with van der Waals surface area (Å²) in [7, 11) is 0. The Labute approximate surface area is 111 Å². The van der Waals surface area contributed by atoms with E-state index in [0.29, 0.717) is 31.9 Å². The van der Waals surface area contributed by atoms with E-state index < -0.39 is 12.0 Å². The van der Waals surface area contributed by atoms with Gasteiger partial charge in [-0.05, 0) is 12.1 Å². The topological polar surface area (TPSA) is 69.8 Å². The molecule has 3 N–H and O–H groups in total. The second-order valence-corrected chi connectivity index (χ2v) is 4.56. The van der Waals surface area contributed by atoms with Gasteiger partial charge in [-0.1, -0.05) is 12.1 Å². The summed E-state index contributed by atoms with van der Waals surface area (Å²) in [5, 5.41) is 9.06. The molecule has 0 amide bonds. The average molecular weight is 267 g/mol. The summed E-state index contributed by atoms with van der Waals surface area (Å²) in [5.74, 6) is -1.15. The number of rotatable bonds is 4. The Balaban J connectivity index is 2.00. The molecule has 0 radical (unpaired) electrons. The lowest BCUT2D eigenvalue weighted by Crippen LogP contribution is -2.55. The second-order valence-electron chi connectivity index (χ2n) is 4.56. The molecule has 1 unspecified atom stereocenters. The summed E-state index contributed by atoms with van der Waals surface area (Å²) >= 11 is 0. The first-order valence-corrected chi connectivity index (χ1v) is 6.30. The van der Waals surface area contributed by atoms with Gasteiger partial charge in [0.15, 0.2) is 0 Å². The van der Waals surface area contributed by atoms with Gasteiger partial charge in [0.1, 0.15) is 11.9 Å². The first kappa shape index (κ1) is 13.8. The third-order valence-corrected chi connectivity index (χ3v) is 3.46. The Bertz CT molecular complexity index is 447. The first-order chi connectivity index (χ1) is 9.13. The summed E-state index contributed by atoms with van der Waals surface area (Å²) in [6.07, 6.45) is 0. The Kier molecular flexibility index (Phi) is 4.34. The summed E-state index contributed by atoms with van der Waals surface area (Å²) in [4.78, 5) is 14.8. The van der Waals surface area contributed by atoms with Gasteiger partial charge in [-0.25, -0.2) is 4.39 Å². The van der Waals surface area contributed by atoms with Crippen molar-refractivity contribution < 1.29 is 14.3 Å². The van der Waals surface area contributed by atoms with E-state index in [-0.39, 0.29) is 12.4 Å². The summed E-state index contributed by atoms with van der Waals surface area (Å²) in [6.45, 7) is 2.44. The number of carbonyl (C=O) groups is 1. The van der Waals surface area contributed by atoms with E-state index in [1.165, 1.54) is 6.07 Å². The first-order valence-electron chi connectivity index (χ1n) is 6.30. The van der Waals surface area contributed by atoms with E-state index >= 15 is 0 Å². The smallest absolute Gasteiger partial charge is 0.322 e. The van der Waals surface area contributed by atoms with Crippen LogP contribution in [0.1, 0.15) is 0 Å². The lowest BCUT2D eigenvalue weighted by molar-refractivity contribution is -0.143. The minimum absolute atomic E-state index is 0.0923. The van der Waals surface area contributed by atoms with Gasteiger partial charge in [0.05, 0.1) is 5.69 Å². The maximum absolute atomic E-state index is 13.7. The van der Waals surface area contributed by atoms with Gasteiger partial charge < -0.3 is 15.7 Å². The fraction of sp³-hybridized carbons (Fsp3) is 0.462. The molecule has 0 bridgehead atoms. The summed E-state index contributed by atoms with van der Waals surface area (Å²) in [5.41, 5.74) is 6.05. The third kappa shape index (κ3) is 3.02. The predicted octanol–water partition coefficient (Wildman–Crippen LogP) is 0.360. The van der Waals surface area contributed by atoms with Crippen LogP contribution in [0.25, 0.3) is 0 Å². The van der Waals surface area contributed by atoms with Gasteiger partial charge in [-0.15, -0.1) is 0 Å². The molecule has 19 heavy (non-hydrogen) atoms. The monoisotopic (exact) mass is 267 g/mol. The zero-order chi connectivity index (χ0) is 13.8. The molecule has 0 aliphatic carbocycles. The number of para-hydroxylation sites is 1. The third-order valence-electron chi connectivity index (χ3n) is 3.46. The molecule has 104 valence electrons. The SMILES string of the molecule is NCC(C(=O)O)N1CCN(c2ccccc2F)CC1. The van der Waals surface area contributed by atoms with Crippen LogP contribution in [0, 0.1) is 5.82 Å². The molecule has 1 aliphatic rings. The Morgan fingerprint density at radius 1 is 1.32 bits per heavy atom. The quantitative estimate of drug-likeness (QED) is 0.824. The number of anilines is 1. The van der Waals surface area contributed by atoms with Crippen LogP contribution in [0.2, 0.25) is 0 Å². The second kappa shape index (κ2) is 5.99. The van der Waals surface area contributed by atoms with Crippen molar-refractivity contribution >= 4 is 11.7 Å². The highest BCUT2D eigenvalue weighted by atomic mass is 19.1. The molecule has 0 spiro atoms. The van der Waals surface area contributed by atoms with Crippen molar-refractivity contribution in [2.75, 3.05) is 37.6 Å². The number of hydrogen-bond acceptors (Lipinski definition) is 4. The van der Waals surface area contributed by atoms with Crippen LogP contribution in [0.4, 0.5) is 10.1 Å². The van der Waals surface area contributed by atoms with Crippen molar-refractivity contribution in [1.82, 2.24) is 4.90 Å². The molecule has 1 saturated heterocycles. The van der Waals surface area contributed by atoms with Gasteiger partial charge in [0.25, 0.3) is 0 Å². The Morgan fingerprint density at radius 3 is 2.47 bits per heavy atom. The average Bonchev–Trinajstić information content (AvgIpc) is 2.41. The lowest BCUT2D eigenvalue weighted by atomic mass is 10.2. The van der Waals surface area contributed by atoms with Crippen molar-refractivity contribution in [3.63, 3.8) is 0 Å². The van der Waals surface area contributed by atoms with Crippen molar-refractivity contribution in [3.05, 3.63) is 30.1 Å². The molecule has 1 aromatic carbocycles. The van der Waals surface area contributed by atoms with Crippen LogP contribution < -0.4 is 10.6 Å². The Hall–Kier alpha value is -1.66. The fourth-order valence-corrected chi connectivity index (χ4v) is 2.39. The van der Waals surface area contributed by atoms with Crippen LogP contribution in [0.15, 0.2) is 24.3 Å². The molecule has 1 aromatic rings. The standard InChI is InChI=1S/C13H18FN3O2/c14-10-3-1-2-4-11(10)16-5-7-17(8-6-16)12(9-15)13(18)19/h1-4,12H,5-9,15H2,(H,18,19). The zero-order valence-electron chi connectivity index (χ0n) is 10.6. The molecule has 1 heterocycles. The maximum atomic E-state index is 13.7. The van der Waals surface area contributed by atoms with Crippen molar-refractivity contribution in [3.8, 4) is 0 Å². The van der Waals surface area contributed by atoms with Crippen molar-refractivity contribution in [1.29, 1.82) is 0 Å². The van der Waals surface area contributed by atoms with E-state index in [4.69, 9.17) is 10.8 Å². The molecule has 1 aliphatic heterocycles. The highest BCUT2D eigenvalue weighted by molar-refractivity contribution is 5.73. The predicted molar refractivity (Wildman–Crippen MR) is 70.7 cm³/mol. The molecule has 6 heteroatoms. The van der Waals surface area contributed by atoms with Gasteiger partial charge in [0, 0.05) is 32.7 Å². The summed E-state index contributed by atoms with van der Waals surface area (Å²) in [6, 6.07) is 5.97. The normalized spacial score (nSPS) is 18.3. The fourth-order valence-electron chi connectivity index (χ4n) is 2.39. The highest BCUT2D eigenvalue weighted by Crippen LogP contribution is 2.20. The molecule has 0 saturated carbocycles. The molecule has 0 aromatic heterocycles. The number of hydrogen-bond donors (Lipinski definition) is 2. The molecular formula is C13H18FN3O2. The minimum atomic E-state index is -0.901. The van der Waals surface area contributed by atoms with Crippen LogP contribution >= 0.6 is 0 Å². The van der Waals surface area contributed by atoms with Crippen molar-refractivity contribution in [2.45, 2.75) is 6.04 Å². The van der Waals surface area contributed by atoms with E-state index in [1.807, 2.05) is 9.80 Å². The molecule has 2 rings (SSSR count). The van der Waals surface area contributed by atoms with Crippen LogP contribution in [0.5, 0.6) is 0 Å².